The quantitative estimate of drug-likeness (QED) is 0.844. The van der Waals surface area contributed by atoms with Gasteiger partial charge in [-0.1, -0.05) is 6.92 Å². The lowest BCUT2D eigenvalue weighted by molar-refractivity contribution is 0.852. The van der Waals surface area contributed by atoms with Crippen LogP contribution in [0.25, 0.3) is 5.69 Å². The van der Waals surface area contributed by atoms with Gasteiger partial charge in [0.15, 0.2) is 0 Å². The van der Waals surface area contributed by atoms with Crippen molar-refractivity contribution >= 4 is 11.6 Å². The number of hydrogen-bond acceptors (Lipinski definition) is 4. The summed E-state index contributed by atoms with van der Waals surface area (Å²) in [6.45, 7) is 4.02. The SMILES string of the molecule is CCc1cnc(NC)cc1-n1nc(C)cc1N. The maximum atomic E-state index is 5.95. The highest BCUT2D eigenvalue weighted by molar-refractivity contribution is 5.53. The molecule has 2 heterocycles. The summed E-state index contributed by atoms with van der Waals surface area (Å²) in [6.07, 6.45) is 2.75. The van der Waals surface area contributed by atoms with Crippen LogP contribution in [0.2, 0.25) is 0 Å². The Morgan fingerprint density at radius 2 is 2.18 bits per heavy atom. The van der Waals surface area contributed by atoms with Crippen molar-refractivity contribution < 1.29 is 0 Å². The topological polar surface area (TPSA) is 68.8 Å². The van der Waals surface area contributed by atoms with Crippen molar-refractivity contribution in [1.29, 1.82) is 0 Å². The Morgan fingerprint density at radius 1 is 1.41 bits per heavy atom. The molecule has 0 fully saturated rings. The van der Waals surface area contributed by atoms with E-state index in [2.05, 4.69) is 22.3 Å². The van der Waals surface area contributed by atoms with Crippen LogP contribution in [0.5, 0.6) is 0 Å². The second-order valence-corrected chi connectivity index (χ2v) is 3.92. The lowest BCUT2D eigenvalue weighted by Gasteiger charge is -2.11. The number of nitrogen functional groups attached to an aromatic ring is 1. The number of nitrogens with one attached hydrogen (secondary N) is 1. The van der Waals surface area contributed by atoms with Gasteiger partial charge in [-0.3, -0.25) is 0 Å². The van der Waals surface area contributed by atoms with Crippen molar-refractivity contribution in [3.05, 3.63) is 29.6 Å². The van der Waals surface area contributed by atoms with Crippen LogP contribution in [0.15, 0.2) is 18.3 Å². The zero-order valence-corrected chi connectivity index (χ0v) is 10.4. The third-order valence-electron chi connectivity index (χ3n) is 2.69. The summed E-state index contributed by atoms with van der Waals surface area (Å²) in [5.41, 5.74) is 8.97. The van der Waals surface area contributed by atoms with Crippen molar-refractivity contribution in [2.24, 2.45) is 0 Å². The minimum Gasteiger partial charge on any atom is -0.384 e. The Morgan fingerprint density at radius 3 is 2.71 bits per heavy atom. The first kappa shape index (κ1) is 11.4. The number of nitrogens with two attached hydrogens (primary N) is 1. The minimum atomic E-state index is 0.644. The summed E-state index contributed by atoms with van der Waals surface area (Å²) in [5, 5.41) is 7.42. The summed E-state index contributed by atoms with van der Waals surface area (Å²) in [5.74, 6) is 1.45. The van der Waals surface area contributed by atoms with Gasteiger partial charge in [0, 0.05) is 25.4 Å². The normalized spacial score (nSPS) is 10.5. The molecule has 0 aliphatic rings. The number of anilines is 2. The second-order valence-electron chi connectivity index (χ2n) is 3.92. The van der Waals surface area contributed by atoms with Crippen LogP contribution in [-0.2, 0) is 6.42 Å². The van der Waals surface area contributed by atoms with Gasteiger partial charge in [0.05, 0.1) is 11.4 Å². The molecule has 3 N–H and O–H groups in total. The summed E-state index contributed by atoms with van der Waals surface area (Å²) in [6, 6.07) is 3.82. The number of rotatable bonds is 3. The van der Waals surface area contributed by atoms with Crippen molar-refractivity contribution in [2.45, 2.75) is 20.3 Å². The molecule has 2 aromatic rings. The lowest BCUT2D eigenvalue weighted by atomic mass is 10.2. The van der Waals surface area contributed by atoms with Gasteiger partial charge in [-0.25, -0.2) is 9.67 Å². The summed E-state index contributed by atoms with van der Waals surface area (Å²) in [7, 11) is 1.84. The Labute approximate surface area is 101 Å². The van der Waals surface area contributed by atoms with E-state index in [0.717, 1.165) is 29.2 Å². The van der Waals surface area contributed by atoms with Crippen LogP contribution >= 0.6 is 0 Å². The molecule has 0 amide bonds. The predicted octanol–water partition coefficient (Wildman–Crippen LogP) is 1.76. The van der Waals surface area contributed by atoms with Crippen molar-refractivity contribution in [1.82, 2.24) is 14.8 Å². The molecule has 0 aliphatic carbocycles. The third-order valence-corrected chi connectivity index (χ3v) is 2.69. The molecule has 0 aromatic carbocycles. The van der Waals surface area contributed by atoms with Crippen molar-refractivity contribution in [3.8, 4) is 5.69 Å². The van der Waals surface area contributed by atoms with E-state index < -0.39 is 0 Å². The lowest BCUT2D eigenvalue weighted by Crippen LogP contribution is -2.07. The number of aromatic nitrogens is 3. The van der Waals surface area contributed by atoms with E-state index in [1.54, 1.807) is 4.68 Å². The van der Waals surface area contributed by atoms with Gasteiger partial charge >= 0.3 is 0 Å². The fourth-order valence-electron chi connectivity index (χ4n) is 1.79. The van der Waals surface area contributed by atoms with E-state index in [4.69, 9.17) is 5.73 Å². The van der Waals surface area contributed by atoms with Crippen LogP contribution in [-0.4, -0.2) is 21.8 Å². The van der Waals surface area contributed by atoms with E-state index in [-0.39, 0.29) is 0 Å². The smallest absolute Gasteiger partial charge is 0.127 e. The van der Waals surface area contributed by atoms with E-state index in [1.807, 2.05) is 32.3 Å². The first-order valence-corrected chi connectivity index (χ1v) is 5.65. The molecule has 2 rings (SSSR count). The zero-order valence-electron chi connectivity index (χ0n) is 10.4. The van der Waals surface area contributed by atoms with Crippen LogP contribution in [0.1, 0.15) is 18.2 Å². The molecule has 90 valence electrons. The Hall–Kier alpha value is -2.04. The largest absolute Gasteiger partial charge is 0.384 e. The van der Waals surface area contributed by atoms with Gasteiger partial charge in [-0.2, -0.15) is 5.10 Å². The fraction of sp³-hybridized carbons (Fsp3) is 0.333. The molecule has 0 radical (unpaired) electrons. The van der Waals surface area contributed by atoms with Crippen LogP contribution in [0.3, 0.4) is 0 Å². The predicted molar refractivity (Wildman–Crippen MR) is 69.4 cm³/mol. The maximum absolute atomic E-state index is 5.95. The molecule has 0 saturated carbocycles. The van der Waals surface area contributed by atoms with Crippen LogP contribution in [0, 0.1) is 6.92 Å². The molecule has 17 heavy (non-hydrogen) atoms. The molecule has 0 spiro atoms. The number of hydrogen-bond donors (Lipinski definition) is 2. The average molecular weight is 231 g/mol. The third kappa shape index (κ3) is 2.08. The fourth-order valence-corrected chi connectivity index (χ4v) is 1.79. The highest BCUT2D eigenvalue weighted by atomic mass is 15.3. The maximum Gasteiger partial charge on any atom is 0.127 e. The molecular formula is C12H17N5. The first-order chi connectivity index (χ1) is 8.15. The van der Waals surface area contributed by atoms with E-state index in [9.17, 15) is 0 Å². The molecule has 5 heteroatoms. The van der Waals surface area contributed by atoms with E-state index in [1.165, 1.54) is 0 Å². The standard InChI is InChI=1S/C12H17N5/c1-4-9-7-15-12(14-3)6-10(9)17-11(13)5-8(2)16-17/h5-7H,4,13H2,1-3H3,(H,14,15). The molecule has 0 saturated heterocycles. The summed E-state index contributed by atoms with van der Waals surface area (Å²) >= 11 is 0. The van der Waals surface area contributed by atoms with Gasteiger partial charge in [0.1, 0.15) is 11.6 Å². The van der Waals surface area contributed by atoms with Gasteiger partial charge < -0.3 is 11.1 Å². The molecule has 0 aliphatic heterocycles. The van der Waals surface area contributed by atoms with Crippen LogP contribution in [0.4, 0.5) is 11.6 Å². The minimum absolute atomic E-state index is 0.644. The van der Waals surface area contributed by atoms with Gasteiger partial charge in [0.25, 0.3) is 0 Å². The first-order valence-electron chi connectivity index (χ1n) is 5.65. The Balaban J connectivity index is 2.59. The number of nitrogens with zero attached hydrogens (tertiary/aromatic N) is 3. The molecule has 0 unspecified atom stereocenters. The Kier molecular flexibility index (Phi) is 2.99. The van der Waals surface area contributed by atoms with Gasteiger partial charge in [-0.15, -0.1) is 0 Å². The highest BCUT2D eigenvalue weighted by Gasteiger charge is 2.10. The molecular weight excluding hydrogens is 214 g/mol. The summed E-state index contributed by atoms with van der Waals surface area (Å²) < 4.78 is 1.76. The van der Waals surface area contributed by atoms with E-state index >= 15 is 0 Å². The average Bonchev–Trinajstić information content (AvgIpc) is 2.67. The molecule has 0 bridgehead atoms. The van der Waals surface area contributed by atoms with Crippen molar-refractivity contribution in [3.63, 3.8) is 0 Å². The van der Waals surface area contributed by atoms with Gasteiger partial charge in [0.2, 0.25) is 0 Å². The van der Waals surface area contributed by atoms with E-state index in [0.29, 0.717) is 5.82 Å². The van der Waals surface area contributed by atoms with Gasteiger partial charge in [-0.05, 0) is 18.9 Å². The number of pyridine rings is 1. The molecule has 2 aromatic heterocycles. The van der Waals surface area contributed by atoms with Crippen molar-refractivity contribution in [2.75, 3.05) is 18.1 Å². The zero-order chi connectivity index (χ0) is 12.4. The summed E-state index contributed by atoms with van der Waals surface area (Å²) in [4.78, 5) is 4.30. The monoisotopic (exact) mass is 231 g/mol. The molecule has 0 atom stereocenters. The highest BCUT2D eigenvalue weighted by Crippen LogP contribution is 2.21. The number of aryl methyl sites for hydroxylation is 2. The molecule has 5 nitrogen and oxygen atoms in total. The van der Waals surface area contributed by atoms with Crippen LogP contribution < -0.4 is 11.1 Å². The second kappa shape index (κ2) is 4.45. The Bertz CT molecular complexity index is 530.